The number of carbonyl (C=O) groups excluding carboxylic acids is 4. The largest absolute Gasteiger partial charge is 0.493 e. The van der Waals surface area contributed by atoms with Crippen LogP contribution < -0.4 is 14.8 Å². The summed E-state index contributed by atoms with van der Waals surface area (Å²) in [4.78, 5) is 52.1. The van der Waals surface area contributed by atoms with Crippen molar-refractivity contribution in [2.75, 3.05) is 33.2 Å². The standard InChI is InChI=1S/C28H26N2O7/c1-16-19(28(34)37-4)6-5-7-22(16)29-25(31)18-9-10-20-21(15-18)27(33)30(26(20)32)13-12-17-8-11-23(35-2)24(14-17)36-3/h5-11,14-15H,12-13H2,1-4H3,(H,29,31). The molecule has 1 N–H and O–H groups in total. The normalized spacial score (nSPS) is 12.3. The lowest BCUT2D eigenvalue weighted by molar-refractivity contribution is 0.0597. The molecule has 3 amide bonds. The first-order chi connectivity index (χ1) is 17.8. The first-order valence-electron chi connectivity index (χ1n) is 11.5. The Labute approximate surface area is 213 Å². The van der Waals surface area contributed by atoms with E-state index >= 15 is 0 Å². The molecule has 0 bridgehead atoms. The lowest BCUT2D eigenvalue weighted by atomic mass is 10.0. The SMILES string of the molecule is COC(=O)c1cccc(NC(=O)c2ccc3c(c2)C(=O)N(CCc2ccc(OC)c(OC)c2)C3=O)c1C. The Bertz CT molecular complexity index is 1410. The third kappa shape index (κ3) is 4.88. The average molecular weight is 503 g/mol. The fourth-order valence-electron chi connectivity index (χ4n) is 4.21. The van der Waals surface area contributed by atoms with E-state index in [-0.39, 0.29) is 23.2 Å². The van der Waals surface area contributed by atoms with Crippen LogP contribution in [0.15, 0.2) is 54.6 Å². The van der Waals surface area contributed by atoms with Crippen LogP contribution in [0.1, 0.15) is 52.6 Å². The Balaban J connectivity index is 1.50. The van der Waals surface area contributed by atoms with Crippen molar-refractivity contribution in [1.29, 1.82) is 0 Å². The molecule has 3 aromatic rings. The number of nitrogens with zero attached hydrogens (tertiary/aromatic N) is 1. The monoisotopic (exact) mass is 502 g/mol. The molecule has 0 aromatic heterocycles. The number of esters is 1. The summed E-state index contributed by atoms with van der Waals surface area (Å²) in [6.07, 6.45) is 0.426. The van der Waals surface area contributed by atoms with E-state index in [0.29, 0.717) is 34.7 Å². The Hall–Kier alpha value is -4.66. The van der Waals surface area contributed by atoms with E-state index in [1.165, 1.54) is 37.3 Å². The van der Waals surface area contributed by atoms with Crippen LogP contribution in [0.2, 0.25) is 0 Å². The topological polar surface area (TPSA) is 111 Å². The summed E-state index contributed by atoms with van der Waals surface area (Å²) in [5, 5.41) is 2.76. The number of hydrogen-bond acceptors (Lipinski definition) is 7. The summed E-state index contributed by atoms with van der Waals surface area (Å²) < 4.78 is 15.3. The van der Waals surface area contributed by atoms with Crippen molar-refractivity contribution in [1.82, 2.24) is 4.90 Å². The van der Waals surface area contributed by atoms with Crippen molar-refractivity contribution in [2.45, 2.75) is 13.3 Å². The number of amides is 3. The van der Waals surface area contributed by atoms with Gasteiger partial charge in [-0.2, -0.15) is 0 Å². The maximum absolute atomic E-state index is 13.1. The summed E-state index contributed by atoms with van der Waals surface area (Å²) in [5.41, 5.74) is 2.83. The van der Waals surface area contributed by atoms with Crippen molar-refractivity contribution in [3.8, 4) is 11.5 Å². The van der Waals surface area contributed by atoms with Crippen molar-refractivity contribution in [2.24, 2.45) is 0 Å². The minimum Gasteiger partial charge on any atom is -0.493 e. The van der Waals surface area contributed by atoms with Crippen LogP contribution in [0.4, 0.5) is 5.69 Å². The number of ether oxygens (including phenoxy) is 3. The van der Waals surface area contributed by atoms with E-state index in [1.807, 2.05) is 6.07 Å². The highest BCUT2D eigenvalue weighted by Gasteiger charge is 2.35. The Kier molecular flexibility index (Phi) is 7.24. The van der Waals surface area contributed by atoms with Gasteiger partial charge in [0.2, 0.25) is 0 Å². The number of anilines is 1. The van der Waals surface area contributed by atoms with Gasteiger partial charge in [0.1, 0.15) is 0 Å². The van der Waals surface area contributed by atoms with Crippen molar-refractivity contribution < 1.29 is 33.4 Å². The molecule has 9 heteroatoms. The second-order valence-corrected chi connectivity index (χ2v) is 8.39. The molecule has 0 radical (unpaired) electrons. The van der Waals surface area contributed by atoms with Crippen LogP contribution in [0.5, 0.6) is 11.5 Å². The number of benzene rings is 3. The fraction of sp³-hybridized carbons (Fsp3) is 0.214. The van der Waals surface area contributed by atoms with E-state index in [9.17, 15) is 19.2 Å². The molecule has 0 aliphatic carbocycles. The summed E-state index contributed by atoms with van der Waals surface area (Å²) in [6.45, 7) is 1.87. The number of imide groups is 1. The first-order valence-corrected chi connectivity index (χ1v) is 11.5. The molecule has 1 aliphatic rings. The van der Waals surface area contributed by atoms with Crippen molar-refractivity contribution in [3.05, 3.63) is 88.0 Å². The highest BCUT2D eigenvalue weighted by atomic mass is 16.5. The molecule has 0 fully saturated rings. The van der Waals surface area contributed by atoms with Crippen LogP contribution in [-0.2, 0) is 11.2 Å². The zero-order valence-corrected chi connectivity index (χ0v) is 20.9. The molecule has 3 aromatic carbocycles. The maximum Gasteiger partial charge on any atom is 0.338 e. The number of methoxy groups -OCH3 is 3. The van der Waals surface area contributed by atoms with Gasteiger partial charge in [0.15, 0.2) is 11.5 Å². The second kappa shape index (κ2) is 10.5. The van der Waals surface area contributed by atoms with E-state index in [2.05, 4.69) is 5.32 Å². The molecule has 0 atom stereocenters. The Morgan fingerprint density at radius 3 is 2.30 bits per heavy atom. The third-order valence-corrected chi connectivity index (χ3v) is 6.29. The average Bonchev–Trinajstić information content (AvgIpc) is 3.16. The van der Waals surface area contributed by atoms with E-state index in [0.717, 1.165) is 5.56 Å². The van der Waals surface area contributed by atoms with E-state index < -0.39 is 23.7 Å². The lowest BCUT2D eigenvalue weighted by Gasteiger charge is -2.14. The predicted octanol–water partition coefficient (Wildman–Crippen LogP) is 3.89. The first kappa shape index (κ1) is 25.4. The maximum atomic E-state index is 13.1. The molecule has 1 aliphatic heterocycles. The quantitative estimate of drug-likeness (QED) is 0.367. The molecular formula is C28H26N2O7. The Morgan fingerprint density at radius 2 is 1.59 bits per heavy atom. The van der Waals surface area contributed by atoms with Crippen LogP contribution in [0.3, 0.4) is 0 Å². The minimum atomic E-state index is -0.511. The van der Waals surface area contributed by atoms with Gasteiger partial charge in [-0.1, -0.05) is 12.1 Å². The number of fused-ring (bicyclic) bond motifs is 1. The van der Waals surface area contributed by atoms with Gasteiger partial charge in [-0.3, -0.25) is 19.3 Å². The summed E-state index contributed by atoms with van der Waals surface area (Å²) in [7, 11) is 4.37. The van der Waals surface area contributed by atoms with Gasteiger partial charge in [-0.25, -0.2) is 4.79 Å². The molecule has 0 spiro atoms. The van der Waals surface area contributed by atoms with Gasteiger partial charge in [-0.15, -0.1) is 0 Å². The van der Waals surface area contributed by atoms with Crippen LogP contribution >= 0.6 is 0 Å². The zero-order valence-electron chi connectivity index (χ0n) is 20.9. The van der Waals surface area contributed by atoms with Gasteiger partial charge in [0.25, 0.3) is 17.7 Å². The highest BCUT2D eigenvalue weighted by Crippen LogP contribution is 2.29. The minimum absolute atomic E-state index is 0.170. The van der Waals surface area contributed by atoms with Crippen molar-refractivity contribution >= 4 is 29.4 Å². The molecule has 0 saturated heterocycles. The smallest absolute Gasteiger partial charge is 0.338 e. The number of hydrogen-bond donors (Lipinski definition) is 1. The predicted molar refractivity (Wildman–Crippen MR) is 136 cm³/mol. The molecule has 0 unspecified atom stereocenters. The number of carbonyl (C=O) groups is 4. The summed E-state index contributed by atoms with van der Waals surface area (Å²) >= 11 is 0. The van der Waals surface area contributed by atoms with E-state index in [1.54, 1.807) is 44.4 Å². The third-order valence-electron chi connectivity index (χ3n) is 6.29. The van der Waals surface area contributed by atoms with Gasteiger partial charge in [0.05, 0.1) is 38.0 Å². The zero-order chi connectivity index (χ0) is 26.7. The summed E-state index contributed by atoms with van der Waals surface area (Å²) in [5.74, 6) is -0.705. The molecule has 4 rings (SSSR count). The molecular weight excluding hydrogens is 476 g/mol. The van der Waals surface area contributed by atoms with Gasteiger partial charge in [0, 0.05) is 17.8 Å². The molecule has 0 saturated carbocycles. The molecule has 37 heavy (non-hydrogen) atoms. The van der Waals surface area contributed by atoms with Gasteiger partial charge < -0.3 is 19.5 Å². The molecule has 9 nitrogen and oxygen atoms in total. The highest BCUT2D eigenvalue weighted by molar-refractivity contribution is 6.22. The van der Waals surface area contributed by atoms with Crippen LogP contribution in [-0.4, -0.2) is 56.5 Å². The number of rotatable bonds is 8. The molecule has 190 valence electrons. The van der Waals surface area contributed by atoms with E-state index in [4.69, 9.17) is 14.2 Å². The fourth-order valence-corrected chi connectivity index (χ4v) is 4.21. The van der Waals surface area contributed by atoms with Crippen molar-refractivity contribution in [3.63, 3.8) is 0 Å². The van der Waals surface area contributed by atoms with Crippen LogP contribution in [0, 0.1) is 6.92 Å². The van der Waals surface area contributed by atoms with Crippen LogP contribution in [0.25, 0.3) is 0 Å². The number of nitrogens with one attached hydrogen (secondary N) is 1. The lowest BCUT2D eigenvalue weighted by Crippen LogP contribution is -2.31. The Morgan fingerprint density at radius 1 is 0.865 bits per heavy atom. The van der Waals surface area contributed by atoms with Gasteiger partial charge in [-0.05, 0) is 66.9 Å². The van der Waals surface area contributed by atoms with Gasteiger partial charge >= 0.3 is 5.97 Å². The summed E-state index contributed by atoms with van der Waals surface area (Å²) in [6, 6.07) is 14.7. The second-order valence-electron chi connectivity index (χ2n) is 8.39. The molecule has 1 heterocycles.